The minimum Gasteiger partial charge on any atom is -0.282 e. The highest BCUT2D eigenvalue weighted by Gasteiger charge is 2.20. The van der Waals surface area contributed by atoms with Crippen molar-refractivity contribution in [3.63, 3.8) is 0 Å². The van der Waals surface area contributed by atoms with Gasteiger partial charge in [0.2, 0.25) is 0 Å². The first-order valence-corrected chi connectivity index (χ1v) is 11.1. The summed E-state index contributed by atoms with van der Waals surface area (Å²) in [6.07, 6.45) is 1.83. The maximum absolute atomic E-state index is 11.8. The minimum atomic E-state index is -4.16. The Hall–Kier alpha value is -1.43. The Balaban J connectivity index is 2.32. The van der Waals surface area contributed by atoms with E-state index in [4.69, 9.17) is 0 Å². The fourth-order valence-electron chi connectivity index (χ4n) is 3.23. The average Bonchev–Trinajstić information content (AvgIpc) is 2.49. The summed E-state index contributed by atoms with van der Waals surface area (Å²) < 4.78 is 33.1. The van der Waals surface area contributed by atoms with Crippen molar-refractivity contribution in [1.29, 1.82) is 0 Å². The number of hydrogen-bond donors (Lipinski definition) is 1. The van der Waals surface area contributed by atoms with Crippen LogP contribution in [0.25, 0.3) is 0 Å². The molecule has 0 saturated carbocycles. The molecule has 0 atom stereocenters. The summed E-state index contributed by atoms with van der Waals surface area (Å²) in [5.41, 5.74) is 4.48. The lowest BCUT2D eigenvalue weighted by Gasteiger charge is -2.17. The zero-order valence-electron chi connectivity index (χ0n) is 14.0. The van der Waals surface area contributed by atoms with Gasteiger partial charge in [0.25, 0.3) is 10.1 Å². The van der Waals surface area contributed by atoms with Gasteiger partial charge < -0.3 is 0 Å². The Morgan fingerprint density at radius 3 is 2.35 bits per heavy atom. The second-order valence-electron chi connectivity index (χ2n) is 5.94. The summed E-state index contributed by atoms with van der Waals surface area (Å²) in [5, 5.41) is 0.894. The first-order valence-electron chi connectivity index (χ1n) is 7.98. The molecule has 2 aromatic carbocycles. The zero-order chi connectivity index (χ0) is 17.0. The molecule has 0 aliphatic rings. The summed E-state index contributed by atoms with van der Waals surface area (Å²) in [5.74, 6) is 0. The van der Waals surface area contributed by atoms with Crippen molar-refractivity contribution in [3.8, 4) is 0 Å². The monoisotopic (exact) mass is 348 g/mol. The van der Waals surface area contributed by atoms with Crippen molar-refractivity contribution in [3.05, 3.63) is 58.7 Å². The van der Waals surface area contributed by atoms with E-state index in [1.54, 1.807) is 6.07 Å². The summed E-state index contributed by atoms with van der Waals surface area (Å²) in [6.45, 7) is 5.99. The molecule has 0 fully saturated rings. The molecule has 1 N–H and O–H groups in total. The third kappa shape index (κ3) is 4.31. The molecule has 0 saturated heterocycles. The van der Waals surface area contributed by atoms with E-state index in [9.17, 15) is 13.0 Å². The molecule has 2 aromatic rings. The Labute approximate surface area is 141 Å². The van der Waals surface area contributed by atoms with Crippen LogP contribution in [0, 0.1) is 13.8 Å². The first kappa shape index (κ1) is 17.9. The largest absolute Gasteiger partial charge is 0.294 e. The molecule has 0 aliphatic heterocycles. The molecule has 0 heterocycles. The van der Waals surface area contributed by atoms with Crippen molar-refractivity contribution in [2.45, 2.75) is 44.6 Å². The van der Waals surface area contributed by atoms with Crippen molar-refractivity contribution in [2.75, 3.05) is 0 Å². The van der Waals surface area contributed by atoms with E-state index >= 15 is 0 Å². The second kappa shape index (κ2) is 7.42. The molecule has 23 heavy (non-hydrogen) atoms. The predicted octanol–water partition coefficient (Wildman–Crippen LogP) is 2.57. The third-order valence-electron chi connectivity index (χ3n) is 4.39. The van der Waals surface area contributed by atoms with Gasteiger partial charge in [-0.15, -0.1) is 0 Å². The molecule has 0 radical (unpaired) electrons. The van der Waals surface area contributed by atoms with Gasteiger partial charge in [-0.3, -0.25) is 4.55 Å². The Bertz CT molecular complexity index is 784. The molecule has 0 unspecified atom stereocenters. The summed E-state index contributed by atoms with van der Waals surface area (Å²) in [6, 6.07) is 12.9. The maximum Gasteiger partial charge on any atom is 0.294 e. The number of hydrogen-bond acceptors (Lipinski definition) is 2. The molecular weight excluding hydrogens is 324 g/mol. The van der Waals surface area contributed by atoms with Crippen LogP contribution in [0.1, 0.15) is 29.2 Å². The molecule has 0 aliphatic carbocycles. The molecule has 0 amide bonds. The normalized spacial score (nSPS) is 12.2. The van der Waals surface area contributed by atoms with Gasteiger partial charge >= 0.3 is 0 Å². The van der Waals surface area contributed by atoms with Crippen molar-refractivity contribution < 1.29 is 13.0 Å². The molecule has 124 valence electrons. The second-order valence-corrected chi connectivity index (χ2v) is 9.25. The lowest BCUT2D eigenvalue weighted by Crippen LogP contribution is -2.27. The van der Waals surface area contributed by atoms with Crippen LogP contribution >= 0.6 is 0 Å². The molecule has 3 nitrogen and oxygen atoms in total. The Morgan fingerprint density at radius 1 is 1.13 bits per heavy atom. The van der Waals surface area contributed by atoms with Crippen LogP contribution in [-0.2, 0) is 23.0 Å². The van der Waals surface area contributed by atoms with Crippen molar-refractivity contribution in [2.24, 2.45) is 0 Å². The van der Waals surface area contributed by atoms with Crippen LogP contribution < -0.4 is 5.19 Å². The smallest absolute Gasteiger partial charge is 0.282 e. The third-order valence-corrected chi connectivity index (χ3v) is 7.69. The molecule has 0 aromatic heterocycles. The summed E-state index contributed by atoms with van der Waals surface area (Å²) >= 11 is 0. The standard InChI is InChI=1S/C18H24O3SSi/c1-4-16-13(2)12-17(22(19,20)21)18(14(16)3)23-11-10-15-8-6-5-7-9-15/h5-9,12H,4,10-11,23H2,1-3H3,(H,19,20,21). The van der Waals surface area contributed by atoms with Crippen LogP contribution in [-0.4, -0.2) is 22.5 Å². The predicted molar refractivity (Wildman–Crippen MR) is 98.2 cm³/mol. The average molecular weight is 349 g/mol. The fourth-order valence-corrected chi connectivity index (χ4v) is 6.75. The Morgan fingerprint density at radius 2 is 1.78 bits per heavy atom. The number of rotatable bonds is 6. The van der Waals surface area contributed by atoms with Crippen molar-refractivity contribution in [1.82, 2.24) is 0 Å². The fraction of sp³-hybridized carbons (Fsp3) is 0.333. The van der Waals surface area contributed by atoms with E-state index in [0.29, 0.717) is 0 Å². The van der Waals surface area contributed by atoms with Crippen LogP contribution in [0.4, 0.5) is 0 Å². The van der Waals surface area contributed by atoms with Gasteiger partial charge in [0, 0.05) is 0 Å². The lowest BCUT2D eigenvalue weighted by molar-refractivity contribution is 0.483. The quantitative estimate of drug-likeness (QED) is 0.645. The highest BCUT2D eigenvalue weighted by molar-refractivity contribution is 7.86. The Kier molecular flexibility index (Phi) is 5.78. The van der Waals surface area contributed by atoms with Gasteiger partial charge in [-0.2, -0.15) is 8.42 Å². The van der Waals surface area contributed by atoms with Gasteiger partial charge in [0.05, 0.1) is 14.4 Å². The SMILES string of the molecule is CCc1c(C)cc(S(=O)(=O)O)c([SiH2]CCc2ccccc2)c1C. The van der Waals surface area contributed by atoms with Gasteiger partial charge in [-0.25, -0.2) is 0 Å². The van der Waals surface area contributed by atoms with E-state index in [2.05, 4.69) is 19.1 Å². The first-order chi connectivity index (χ1) is 10.8. The van der Waals surface area contributed by atoms with E-state index in [-0.39, 0.29) is 4.90 Å². The highest BCUT2D eigenvalue weighted by atomic mass is 32.2. The van der Waals surface area contributed by atoms with E-state index in [0.717, 1.165) is 35.2 Å². The summed E-state index contributed by atoms with van der Waals surface area (Å²) in [7, 11) is -4.94. The van der Waals surface area contributed by atoms with E-state index < -0.39 is 19.6 Å². The topological polar surface area (TPSA) is 54.4 Å². The zero-order valence-corrected chi connectivity index (χ0v) is 16.2. The number of aryl methyl sites for hydroxylation is 2. The highest BCUT2D eigenvalue weighted by Crippen LogP contribution is 2.19. The molecule has 5 heteroatoms. The van der Waals surface area contributed by atoms with Crippen molar-refractivity contribution >= 4 is 24.8 Å². The van der Waals surface area contributed by atoms with Crippen LogP contribution in [0.3, 0.4) is 0 Å². The van der Waals surface area contributed by atoms with E-state index in [1.165, 1.54) is 11.1 Å². The molecule has 0 bridgehead atoms. The summed E-state index contributed by atoms with van der Waals surface area (Å²) in [4.78, 5) is 0.129. The molecule has 2 rings (SSSR count). The van der Waals surface area contributed by atoms with Crippen LogP contribution in [0.15, 0.2) is 41.3 Å². The molecule has 0 spiro atoms. The van der Waals surface area contributed by atoms with E-state index in [1.807, 2.05) is 32.0 Å². The van der Waals surface area contributed by atoms with Crippen LogP contribution in [0.5, 0.6) is 0 Å². The number of benzene rings is 2. The van der Waals surface area contributed by atoms with Gasteiger partial charge in [-0.05, 0) is 60.2 Å². The van der Waals surface area contributed by atoms with Gasteiger partial charge in [0.1, 0.15) is 0 Å². The van der Waals surface area contributed by atoms with Gasteiger partial charge in [0.15, 0.2) is 0 Å². The van der Waals surface area contributed by atoms with Crippen LogP contribution in [0.2, 0.25) is 6.04 Å². The minimum absolute atomic E-state index is 0.129. The molecular formula is C18H24O3SSi. The maximum atomic E-state index is 11.8. The van der Waals surface area contributed by atoms with Gasteiger partial charge in [-0.1, -0.05) is 43.3 Å². The lowest BCUT2D eigenvalue weighted by atomic mass is 10.0.